The maximum absolute atomic E-state index is 4.57. The summed E-state index contributed by atoms with van der Waals surface area (Å²) in [6, 6.07) is 0. The molecule has 0 amide bonds. The summed E-state index contributed by atoms with van der Waals surface area (Å²) in [7, 11) is 0. The van der Waals surface area contributed by atoms with E-state index in [0.29, 0.717) is 5.54 Å². The second-order valence-corrected chi connectivity index (χ2v) is 6.75. The average Bonchev–Trinajstić information content (AvgIpc) is 2.79. The number of nitrogens with one attached hydrogen (secondary N) is 1. The van der Waals surface area contributed by atoms with Crippen LogP contribution in [0, 0.1) is 0 Å². The molecule has 0 atom stereocenters. The van der Waals surface area contributed by atoms with Gasteiger partial charge in [-0.1, -0.05) is 20.8 Å². The molecule has 1 aliphatic heterocycles. The third kappa shape index (κ3) is 3.77. The molecule has 19 heavy (non-hydrogen) atoms. The van der Waals surface area contributed by atoms with Crippen LogP contribution in [0.3, 0.4) is 0 Å². The van der Waals surface area contributed by atoms with E-state index in [1.165, 1.54) is 35.7 Å². The molecule has 0 unspecified atom stereocenters. The highest BCUT2D eigenvalue weighted by atomic mass is 32.1. The monoisotopic (exact) mass is 281 g/mol. The molecule has 2 rings (SSSR count). The molecule has 0 aromatic carbocycles. The Hall–Kier alpha value is -0.450. The lowest BCUT2D eigenvalue weighted by molar-refractivity contribution is 0.191. The van der Waals surface area contributed by atoms with E-state index in [9.17, 15) is 0 Å². The Labute approximate surface area is 121 Å². The summed E-state index contributed by atoms with van der Waals surface area (Å²) in [5, 5.41) is 5.05. The van der Waals surface area contributed by atoms with E-state index in [0.717, 1.165) is 26.1 Å². The highest BCUT2D eigenvalue weighted by Crippen LogP contribution is 2.22. The van der Waals surface area contributed by atoms with E-state index in [1.54, 1.807) is 0 Å². The van der Waals surface area contributed by atoms with Gasteiger partial charge in [-0.15, -0.1) is 11.3 Å². The number of aromatic nitrogens is 1. The van der Waals surface area contributed by atoms with Crippen LogP contribution < -0.4 is 5.32 Å². The quantitative estimate of drug-likeness (QED) is 0.899. The number of aryl methyl sites for hydroxylation is 1. The van der Waals surface area contributed by atoms with Crippen molar-refractivity contribution in [3.63, 3.8) is 0 Å². The van der Waals surface area contributed by atoms with Crippen LogP contribution in [0.25, 0.3) is 0 Å². The molecule has 0 radical (unpaired) electrons. The number of hydrogen-bond acceptors (Lipinski definition) is 4. The van der Waals surface area contributed by atoms with Crippen LogP contribution in [0.5, 0.6) is 0 Å². The van der Waals surface area contributed by atoms with Gasteiger partial charge in [-0.25, -0.2) is 4.98 Å². The topological polar surface area (TPSA) is 28.2 Å². The predicted molar refractivity (Wildman–Crippen MR) is 82.7 cm³/mol. The minimum Gasteiger partial charge on any atom is -0.310 e. The Bertz CT molecular complexity index is 384. The zero-order valence-corrected chi connectivity index (χ0v) is 13.4. The SMILES string of the molecule is CCc1cnc(CN2CCCNC(CC)(CC)C2)s1. The van der Waals surface area contributed by atoms with E-state index < -0.39 is 0 Å². The minimum atomic E-state index is 0.307. The third-order valence-corrected chi connectivity index (χ3v) is 5.47. The van der Waals surface area contributed by atoms with Crippen LogP contribution in [0.2, 0.25) is 0 Å². The number of hydrogen-bond donors (Lipinski definition) is 1. The van der Waals surface area contributed by atoms with Gasteiger partial charge in [0.2, 0.25) is 0 Å². The van der Waals surface area contributed by atoms with Gasteiger partial charge in [0, 0.05) is 23.2 Å². The Morgan fingerprint density at radius 3 is 2.79 bits per heavy atom. The van der Waals surface area contributed by atoms with Crippen LogP contribution in [0.4, 0.5) is 0 Å². The first kappa shape index (κ1) is 14.9. The molecule has 1 aromatic rings. The van der Waals surface area contributed by atoms with Crippen LogP contribution in [-0.4, -0.2) is 35.1 Å². The van der Waals surface area contributed by atoms with Gasteiger partial charge in [0.25, 0.3) is 0 Å². The number of rotatable bonds is 5. The number of thiazole rings is 1. The molecule has 0 aliphatic carbocycles. The van der Waals surface area contributed by atoms with Gasteiger partial charge >= 0.3 is 0 Å². The van der Waals surface area contributed by atoms with Crippen LogP contribution in [0.15, 0.2) is 6.20 Å². The molecule has 3 nitrogen and oxygen atoms in total. The predicted octanol–water partition coefficient (Wildman–Crippen LogP) is 3.06. The Morgan fingerprint density at radius 2 is 2.16 bits per heavy atom. The normalized spacial score (nSPS) is 20.4. The van der Waals surface area contributed by atoms with Gasteiger partial charge in [0.15, 0.2) is 0 Å². The van der Waals surface area contributed by atoms with Crippen LogP contribution in [-0.2, 0) is 13.0 Å². The highest BCUT2D eigenvalue weighted by molar-refractivity contribution is 7.11. The van der Waals surface area contributed by atoms with Gasteiger partial charge in [0.05, 0.1) is 6.54 Å². The van der Waals surface area contributed by atoms with Crippen LogP contribution >= 0.6 is 11.3 Å². The first-order chi connectivity index (χ1) is 9.21. The van der Waals surface area contributed by atoms with E-state index in [2.05, 4.69) is 36.0 Å². The molecule has 1 aliphatic rings. The summed E-state index contributed by atoms with van der Waals surface area (Å²) in [4.78, 5) is 8.56. The average molecular weight is 281 g/mol. The van der Waals surface area contributed by atoms with Crippen molar-refractivity contribution in [2.75, 3.05) is 19.6 Å². The summed E-state index contributed by atoms with van der Waals surface area (Å²) in [5.41, 5.74) is 0.307. The fourth-order valence-corrected chi connectivity index (χ4v) is 3.76. The lowest BCUT2D eigenvalue weighted by Crippen LogP contribution is -2.50. The van der Waals surface area contributed by atoms with Crippen molar-refractivity contribution in [3.05, 3.63) is 16.1 Å². The molecule has 0 bridgehead atoms. The van der Waals surface area contributed by atoms with Crippen molar-refractivity contribution < 1.29 is 0 Å². The van der Waals surface area contributed by atoms with E-state index >= 15 is 0 Å². The Morgan fingerprint density at radius 1 is 1.37 bits per heavy atom. The fraction of sp³-hybridized carbons (Fsp3) is 0.800. The lowest BCUT2D eigenvalue weighted by Gasteiger charge is -2.35. The van der Waals surface area contributed by atoms with Gasteiger partial charge in [-0.05, 0) is 38.8 Å². The van der Waals surface area contributed by atoms with Crippen molar-refractivity contribution in [2.24, 2.45) is 0 Å². The van der Waals surface area contributed by atoms with Gasteiger partial charge in [-0.2, -0.15) is 0 Å². The standard InChI is InChI=1S/C15H27N3S/c1-4-13-10-16-14(19-13)11-18-9-7-8-17-15(5-2,6-3)12-18/h10,17H,4-9,11-12H2,1-3H3. The maximum atomic E-state index is 4.57. The third-order valence-electron chi connectivity index (χ3n) is 4.34. The molecule has 1 fully saturated rings. The van der Waals surface area contributed by atoms with Gasteiger partial charge < -0.3 is 5.32 Å². The van der Waals surface area contributed by atoms with Gasteiger partial charge in [-0.3, -0.25) is 4.90 Å². The molecule has 1 N–H and O–H groups in total. The minimum absolute atomic E-state index is 0.307. The second kappa shape index (κ2) is 6.82. The summed E-state index contributed by atoms with van der Waals surface area (Å²) in [6.07, 6.45) is 6.81. The van der Waals surface area contributed by atoms with Crippen molar-refractivity contribution >= 4 is 11.3 Å². The fourth-order valence-electron chi connectivity index (χ4n) is 2.85. The van der Waals surface area contributed by atoms with Crippen molar-refractivity contribution in [1.29, 1.82) is 0 Å². The largest absolute Gasteiger partial charge is 0.310 e. The van der Waals surface area contributed by atoms with Crippen LogP contribution in [0.1, 0.15) is 49.9 Å². The zero-order chi connectivity index (χ0) is 13.7. The highest BCUT2D eigenvalue weighted by Gasteiger charge is 2.30. The Balaban J connectivity index is 2.02. The molecule has 108 valence electrons. The zero-order valence-electron chi connectivity index (χ0n) is 12.5. The van der Waals surface area contributed by atoms with E-state index in [1.807, 2.05) is 17.5 Å². The summed E-state index contributed by atoms with van der Waals surface area (Å²) in [5.74, 6) is 0. The molecule has 1 saturated heterocycles. The maximum Gasteiger partial charge on any atom is 0.107 e. The number of nitrogens with zero attached hydrogens (tertiary/aromatic N) is 2. The second-order valence-electron chi connectivity index (χ2n) is 5.55. The molecule has 1 aromatic heterocycles. The van der Waals surface area contributed by atoms with Gasteiger partial charge in [0.1, 0.15) is 5.01 Å². The summed E-state index contributed by atoms with van der Waals surface area (Å²) in [6.45, 7) is 11.3. The molecule has 2 heterocycles. The molecule has 0 saturated carbocycles. The molecular weight excluding hydrogens is 254 g/mol. The smallest absolute Gasteiger partial charge is 0.107 e. The van der Waals surface area contributed by atoms with Crippen molar-refractivity contribution in [1.82, 2.24) is 15.2 Å². The molecule has 4 heteroatoms. The summed E-state index contributed by atoms with van der Waals surface area (Å²) >= 11 is 1.88. The first-order valence-corrected chi connectivity index (χ1v) is 8.44. The van der Waals surface area contributed by atoms with Crippen molar-refractivity contribution in [2.45, 2.75) is 58.5 Å². The Kier molecular flexibility index (Phi) is 5.37. The van der Waals surface area contributed by atoms with E-state index in [-0.39, 0.29) is 0 Å². The summed E-state index contributed by atoms with van der Waals surface area (Å²) < 4.78 is 0. The van der Waals surface area contributed by atoms with E-state index in [4.69, 9.17) is 0 Å². The molecule has 0 spiro atoms. The first-order valence-electron chi connectivity index (χ1n) is 7.62. The lowest BCUT2D eigenvalue weighted by atomic mass is 9.92. The molecular formula is C15H27N3S. The van der Waals surface area contributed by atoms with Crippen molar-refractivity contribution in [3.8, 4) is 0 Å².